The van der Waals surface area contributed by atoms with Crippen molar-refractivity contribution in [1.29, 1.82) is 5.26 Å². The van der Waals surface area contributed by atoms with Gasteiger partial charge >= 0.3 is 0 Å². The van der Waals surface area contributed by atoms with Crippen LogP contribution in [0.3, 0.4) is 0 Å². The van der Waals surface area contributed by atoms with Crippen molar-refractivity contribution in [3.8, 4) is 6.07 Å². The summed E-state index contributed by atoms with van der Waals surface area (Å²) in [7, 11) is 0. The first kappa shape index (κ1) is 22.3. The normalized spacial score (nSPS) is 14.8. The molecule has 0 spiro atoms. The van der Waals surface area contributed by atoms with Gasteiger partial charge in [0.05, 0.1) is 12.2 Å². The number of benzene rings is 2. The van der Waals surface area contributed by atoms with E-state index < -0.39 is 0 Å². The lowest BCUT2D eigenvalue weighted by molar-refractivity contribution is 0.267. The molecule has 1 aliphatic rings. The number of nitrogens with zero attached hydrogens (tertiary/aromatic N) is 1. The van der Waals surface area contributed by atoms with Crippen LogP contribution in [0.25, 0.3) is 0 Å². The molecular weight excluding hydrogens is 406 g/mol. The highest BCUT2D eigenvalue weighted by molar-refractivity contribution is 8.04. The summed E-state index contributed by atoms with van der Waals surface area (Å²) in [5.41, 5.74) is 2.77. The average molecular weight is 434 g/mol. The van der Waals surface area contributed by atoms with Gasteiger partial charge in [-0.2, -0.15) is 5.26 Å². The first-order valence-corrected chi connectivity index (χ1v) is 11.7. The Hall–Kier alpha value is -2.35. The van der Waals surface area contributed by atoms with Gasteiger partial charge < -0.3 is 4.74 Å². The molecule has 0 atom stereocenters. The summed E-state index contributed by atoms with van der Waals surface area (Å²) >= 11 is 3.55. The van der Waals surface area contributed by atoms with Gasteiger partial charge in [-0.15, -0.1) is 0 Å². The van der Waals surface area contributed by atoms with E-state index in [1.54, 1.807) is 29.8 Å². The van der Waals surface area contributed by atoms with Crippen LogP contribution in [0.4, 0.5) is 0 Å². The number of rotatable bonds is 7. The Kier molecular flexibility index (Phi) is 7.53. The van der Waals surface area contributed by atoms with Crippen molar-refractivity contribution >= 4 is 23.5 Å². The van der Waals surface area contributed by atoms with E-state index in [2.05, 4.69) is 75.4 Å². The monoisotopic (exact) mass is 433 g/mol. The van der Waals surface area contributed by atoms with E-state index >= 15 is 0 Å². The summed E-state index contributed by atoms with van der Waals surface area (Å²) in [6, 6.07) is 23.2. The minimum absolute atomic E-state index is 0.104. The van der Waals surface area contributed by atoms with Gasteiger partial charge in [-0.05, 0) is 47.1 Å². The fourth-order valence-electron chi connectivity index (χ4n) is 3.42. The summed E-state index contributed by atoms with van der Waals surface area (Å²) in [4.78, 5) is 4.90. The Labute approximate surface area is 188 Å². The Balaban J connectivity index is 2.12. The van der Waals surface area contributed by atoms with Crippen molar-refractivity contribution in [2.45, 2.75) is 43.9 Å². The van der Waals surface area contributed by atoms with Crippen molar-refractivity contribution in [2.24, 2.45) is 5.41 Å². The number of thioether (sulfide) groups is 2. The van der Waals surface area contributed by atoms with Crippen molar-refractivity contribution in [3.05, 3.63) is 93.5 Å². The van der Waals surface area contributed by atoms with Crippen LogP contribution in [0.5, 0.6) is 0 Å². The van der Waals surface area contributed by atoms with Gasteiger partial charge in [-0.3, -0.25) is 0 Å². The smallest absolute Gasteiger partial charge is 0.103 e. The molecule has 2 aromatic carbocycles. The fourth-order valence-corrected chi connectivity index (χ4v) is 5.93. The zero-order chi connectivity index (χ0) is 21.6. The molecule has 0 saturated heterocycles. The number of nitriles is 1. The van der Waals surface area contributed by atoms with E-state index in [4.69, 9.17) is 4.74 Å². The molecule has 3 rings (SSSR count). The molecule has 0 saturated carbocycles. The summed E-state index contributed by atoms with van der Waals surface area (Å²) in [5, 5.41) is 9.99. The molecule has 0 heterocycles. The topological polar surface area (TPSA) is 33.0 Å². The predicted octanol–water partition coefficient (Wildman–Crippen LogP) is 7.97. The summed E-state index contributed by atoms with van der Waals surface area (Å²) in [5.74, 6) is 0. The number of hydrogen-bond donors (Lipinski definition) is 0. The van der Waals surface area contributed by atoms with Crippen LogP contribution >= 0.6 is 23.5 Å². The maximum atomic E-state index is 9.99. The molecule has 0 radical (unpaired) electrons. The highest BCUT2D eigenvalue weighted by Crippen LogP contribution is 2.54. The van der Waals surface area contributed by atoms with Crippen LogP contribution in [0.15, 0.2) is 103 Å². The Bertz CT molecular complexity index is 1010. The second kappa shape index (κ2) is 10.1. The van der Waals surface area contributed by atoms with Gasteiger partial charge in [-0.25, -0.2) is 0 Å². The molecule has 1 aliphatic carbocycles. The molecule has 30 heavy (non-hydrogen) atoms. The van der Waals surface area contributed by atoms with Crippen LogP contribution < -0.4 is 0 Å². The maximum Gasteiger partial charge on any atom is 0.103 e. The van der Waals surface area contributed by atoms with Crippen molar-refractivity contribution in [1.82, 2.24) is 0 Å². The van der Waals surface area contributed by atoms with Gasteiger partial charge in [0.1, 0.15) is 12.3 Å². The second-order valence-corrected chi connectivity index (χ2v) is 10.3. The SMILES string of the molecule is CCOC=C(C#N)C1=C(Sc2ccccc2)CC(Sc2ccccc2)=C1C(C)(C)C. The third kappa shape index (κ3) is 5.41. The van der Waals surface area contributed by atoms with Crippen LogP contribution in [0.2, 0.25) is 0 Å². The van der Waals surface area contributed by atoms with Crippen LogP contribution in [0, 0.1) is 16.7 Å². The molecule has 0 unspecified atom stereocenters. The van der Waals surface area contributed by atoms with Gasteiger partial charge in [0, 0.05) is 26.7 Å². The van der Waals surface area contributed by atoms with Crippen LogP contribution in [-0.4, -0.2) is 6.61 Å². The van der Waals surface area contributed by atoms with E-state index in [0.717, 1.165) is 12.0 Å². The lowest BCUT2D eigenvalue weighted by Crippen LogP contribution is -2.13. The third-order valence-corrected chi connectivity index (χ3v) is 6.81. The predicted molar refractivity (Wildman–Crippen MR) is 128 cm³/mol. The molecule has 0 amide bonds. The Morgan fingerprint density at radius 1 is 0.967 bits per heavy atom. The largest absolute Gasteiger partial charge is 0.500 e. The molecule has 2 aromatic rings. The second-order valence-electron chi connectivity index (χ2n) is 7.95. The molecule has 0 aliphatic heterocycles. The first-order chi connectivity index (χ1) is 14.4. The Morgan fingerprint density at radius 3 is 1.97 bits per heavy atom. The van der Waals surface area contributed by atoms with Crippen molar-refractivity contribution in [2.75, 3.05) is 6.61 Å². The minimum Gasteiger partial charge on any atom is -0.500 e. The molecule has 0 fully saturated rings. The number of ether oxygens (including phenoxy) is 1. The molecule has 0 N–H and O–H groups in total. The molecular formula is C26H27NOS2. The Morgan fingerprint density at radius 2 is 1.50 bits per heavy atom. The molecule has 2 nitrogen and oxygen atoms in total. The molecule has 4 heteroatoms. The fraction of sp³-hybridized carbons (Fsp3) is 0.269. The van der Waals surface area contributed by atoms with E-state index in [0.29, 0.717) is 12.2 Å². The lowest BCUT2D eigenvalue weighted by Gasteiger charge is -2.25. The maximum absolute atomic E-state index is 9.99. The first-order valence-electron chi connectivity index (χ1n) is 10.1. The van der Waals surface area contributed by atoms with Gasteiger partial charge in [-0.1, -0.05) is 80.7 Å². The van der Waals surface area contributed by atoms with Crippen LogP contribution in [0.1, 0.15) is 34.1 Å². The summed E-state index contributed by atoms with van der Waals surface area (Å²) in [6.45, 7) is 9.14. The van der Waals surface area contributed by atoms with E-state index in [-0.39, 0.29) is 5.41 Å². The van der Waals surface area contributed by atoms with Gasteiger partial charge in [0.2, 0.25) is 0 Å². The third-order valence-electron chi connectivity index (χ3n) is 4.60. The molecule has 154 valence electrons. The zero-order valence-electron chi connectivity index (χ0n) is 17.9. The van der Waals surface area contributed by atoms with E-state index in [1.807, 2.05) is 19.1 Å². The number of hydrogen-bond acceptors (Lipinski definition) is 4. The highest BCUT2D eigenvalue weighted by atomic mass is 32.2. The van der Waals surface area contributed by atoms with Gasteiger partial charge in [0.15, 0.2) is 0 Å². The number of allylic oxidation sites excluding steroid dienone is 5. The summed E-state index contributed by atoms with van der Waals surface area (Å²) < 4.78 is 5.55. The van der Waals surface area contributed by atoms with E-state index in [9.17, 15) is 5.26 Å². The average Bonchev–Trinajstić information content (AvgIpc) is 3.08. The molecule has 0 bridgehead atoms. The zero-order valence-corrected chi connectivity index (χ0v) is 19.6. The standard InChI is InChI=1S/C26H27NOS2/c1-5-28-18-19(17-27)24-22(29-20-12-8-6-9-13-20)16-23(25(24)26(2,3)4)30-21-14-10-7-11-15-21/h6-15,18H,5,16H2,1-4H3. The van der Waals surface area contributed by atoms with Crippen LogP contribution in [-0.2, 0) is 4.74 Å². The van der Waals surface area contributed by atoms with Crippen molar-refractivity contribution in [3.63, 3.8) is 0 Å². The van der Waals surface area contributed by atoms with Gasteiger partial charge in [0.25, 0.3) is 0 Å². The quantitative estimate of drug-likeness (QED) is 0.327. The minimum atomic E-state index is -0.104. The highest BCUT2D eigenvalue weighted by Gasteiger charge is 2.35. The summed E-state index contributed by atoms with van der Waals surface area (Å²) in [6.07, 6.45) is 2.45. The van der Waals surface area contributed by atoms with E-state index in [1.165, 1.54) is 25.2 Å². The van der Waals surface area contributed by atoms with Crippen molar-refractivity contribution < 1.29 is 4.74 Å². The molecule has 0 aromatic heterocycles. The lowest BCUT2D eigenvalue weighted by atomic mass is 9.81.